The molecule has 1 atom stereocenters. The third kappa shape index (κ3) is 4.20. The standard InChI is InChI=1S/C10H20ClNO3S/c1-9(2)3-6-16(13,14)12-4-5-15-10(7-11)8-12/h9-10H,3-8H2,1-2H3. The normalized spacial score (nSPS) is 23.9. The Bertz CT molecular complexity index is 305. The Labute approximate surface area is 103 Å². The summed E-state index contributed by atoms with van der Waals surface area (Å²) in [5.41, 5.74) is 0. The zero-order valence-electron chi connectivity index (χ0n) is 9.86. The molecule has 0 aromatic carbocycles. The molecule has 0 bridgehead atoms. The van der Waals surface area contributed by atoms with E-state index >= 15 is 0 Å². The van der Waals surface area contributed by atoms with Crippen LogP contribution >= 0.6 is 11.6 Å². The van der Waals surface area contributed by atoms with E-state index in [9.17, 15) is 8.42 Å². The van der Waals surface area contributed by atoms with E-state index in [2.05, 4.69) is 0 Å². The maximum Gasteiger partial charge on any atom is 0.214 e. The monoisotopic (exact) mass is 269 g/mol. The highest BCUT2D eigenvalue weighted by Gasteiger charge is 2.28. The van der Waals surface area contributed by atoms with Gasteiger partial charge < -0.3 is 4.74 Å². The van der Waals surface area contributed by atoms with Crippen molar-refractivity contribution in [1.82, 2.24) is 4.31 Å². The molecule has 1 heterocycles. The zero-order chi connectivity index (χ0) is 12.2. The summed E-state index contributed by atoms with van der Waals surface area (Å²) in [6, 6.07) is 0. The largest absolute Gasteiger partial charge is 0.374 e. The first-order chi connectivity index (χ1) is 7.45. The molecule has 0 aromatic heterocycles. The van der Waals surface area contributed by atoms with E-state index in [1.165, 1.54) is 4.31 Å². The molecule has 0 radical (unpaired) electrons. The van der Waals surface area contributed by atoms with E-state index in [0.717, 1.165) is 0 Å². The Morgan fingerprint density at radius 3 is 2.75 bits per heavy atom. The summed E-state index contributed by atoms with van der Waals surface area (Å²) < 4.78 is 30.8. The maximum atomic E-state index is 12.0. The lowest BCUT2D eigenvalue weighted by Crippen LogP contribution is -2.47. The number of alkyl halides is 1. The second-order valence-corrected chi connectivity index (χ2v) is 6.90. The highest BCUT2D eigenvalue weighted by atomic mass is 35.5. The van der Waals surface area contributed by atoms with Gasteiger partial charge >= 0.3 is 0 Å². The van der Waals surface area contributed by atoms with Gasteiger partial charge in [-0.2, -0.15) is 4.31 Å². The average Bonchev–Trinajstić information content (AvgIpc) is 2.27. The molecule has 0 aromatic rings. The number of hydrogen-bond acceptors (Lipinski definition) is 3. The van der Waals surface area contributed by atoms with E-state index in [4.69, 9.17) is 16.3 Å². The summed E-state index contributed by atoms with van der Waals surface area (Å²) in [4.78, 5) is 0. The van der Waals surface area contributed by atoms with Gasteiger partial charge in [-0.3, -0.25) is 0 Å². The summed E-state index contributed by atoms with van der Waals surface area (Å²) in [6.45, 7) is 5.34. The highest BCUT2D eigenvalue weighted by Crippen LogP contribution is 2.14. The van der Waals surface area contributed by atoms with E-state index < -0.39 is 10.0 Å². The molecule has 1 aliphatic rings. The minimum atomic E-state index is -3.13. The van der Waals surface area contributed by atoms with Gasteiger partial charge in [-0.05, 0) is 12.3 Å². The quantitative estimate of drug-likeness (QED) is 0.707. The topological polar surface area (TPSA) is 46.6 Å². The van der Waals surface area contributed by atoms with Crippen LogP contribution in [0.3, 0.4) is 0 Å². The van der Waals surface area contributed by atoms with Crippen LogP contribution in [0.1, 0.15) is 20.3 Å². The second kappa shape index (κ2) is 6.19. The van der Waals surface area contributed by atoms with Crippen LogP contribution in [0.5, 0.6) is 0 Å². The first kappa shape index (κ1) is 14.2. The van der Waals surface area contributed by atoms with Crippen molar-refractivity contribution in [3.8, 4) is 0 Å². The van der Waals surface area contributed by atoms with Crippen LogP contribution in [0.2, 0.25) is 0 Å². The van der Waals surface area contributed by atoms with Crippen molar-refractivity contribution in [2.24, 2.45) is 5.92 Å². The lowest BCUT2D eigenvalue weighted by atomic mass is 10.2. The van der Waals surface area contributed by atoms with Crippen LogP contribution in [-0.4, -0.2) is 50.2 Å². The molecule has 4 nitrogen and oxygen atoms in total. The molecule has 1 rings (SSSR count). The molecule has 0 aliphatic carbocycles. The number of ether oxygens (including phenoxy) is 1. The Balaban J connectivity index is 2.54. The van der Waals surface area contributed by atoms with Gasteiger partial charge in [-0.1, -0.05) is 13.8 Å². The van der Waals surface area contributed by atoms with Gasteiger partial charge in [0, 0.05) is 19.0 Å². The van der Waals surface area contributed by atoms with Crippen molar-refractivity contribution in [2.45, 2.75) is 26.4 Å². The first-order valence-electron chi connectivity index (χ1n) is 5.61. The van der Waals surface area contributed by atoms with E-state index in [0.29, 0.717) is 37.9 Å². The molecule has 0 spiro atoms. The number of rotatable bonds is 5. The fourth-order valence-corrected chi connectivity index (χ4v) is 3.51. The van der Waals surface area contributed by atoms with Crippen LogP contribution < -0.4 is 0 Å². The van der Waals surface area contributed by atoms with Crippen LogP contribution in [0.25, 0.3) is 0 Å². The number of nitrogens with zero attached hydrogens (tertiary/aromatic N) is 1. The molecule has 1 unspecified atom stereocenters. The molecule has 1 saturated heterocycles. The van der Waals surface area contributed by atoms with Crippen LogP contribution in [0.4, 0.5) is 0 Å². The summed E-state index contributed by atoms with van der Waals surface area (Å²) >= 11 is 5.68. The fraction of sp³-hybridized carbons (Fsp3) is 1.00. The molecule has 96 valence electrons. The van der Waals surface area contributed by atoms with E-state index in [1.807, 2.05) is 13.8 Å². The molecule has 1 fully saturated rings. The van der Waals surface area contributed by atoms with Gasteiger partial charge in [0.1, 0.15) is 0 Å². The van der Waals surface area contributed by atoms with E-state index in [-0.39, 0.29) is 11.9 Å². The molecular weight excluding hydrogens is 250 g/mol. The number of halogens is 1. The van der Waals surface area contributed by atoms with Gasteiger partial charge in [0.15, 0.2) is 0 Å². The summed E-state index contributed by atoms with van der Waals surface area (Å²) in [5, 5.41) is 0. The van der Waals surface area contributed by atoms with Gasteiger partial charge in [0.2, 0.25) is 10.0 Å². The summed E-state index contributed by atoms with van der Waals surface area (Å²) in [7, 11) is -3.13. The minimum absolute atomic E-state index is 0.163. The van der Waals surface area contributed by atoms with Crippen LogP contribution in [-0.2, 0) is 14.8 Å². The first-order valence-corrected chi connectivity index (χ1v) is 7.75. The van der Waals surface area contributed by atoms with E-state index in [1.54, 1.807) is 0 Å². The van der Waals surface area contributed by atoms with Crippen molar-refractivity contribution in [3.05, 3.63) is 0 Å². The van der Waals surface area contributed by atoms with Crippen molar-refractivity contribution < 1.29 is 13.2 Å². The lowest BCUT2D eigenvalue weighted by molar-refractivity contribution is 0.0122. The Morgan fingerprint density at radius 2 is 2.19 bits per heavy atom. The van der Waals surface area contributed by atoms with Crippen molar-refractivity contribution in [2.75, 3.05) is 31.3 Å². The highest BCUT2D eigenvalue weighted by molar-refractivity contribution is 7.89. The summed E-state index contributed by atoms with van der Waals surface area (Å²) in [5.74, 6) is 0.968. The number of hydrogen-bond donors (Lipinski definition) is 0. The van der Waals surface area contributed by atoms with Crippen LogP contribution in [0, 0.1) is 5.92 Å². The van der Waals surface area contributed by atoms with Gasteiger partial charge in [-0.25, -0.2) is 8.42 Å². The molecule has 0 saturated carbocycles. The fourth-order valence-electron chi connectivity index (χ4n) is 1.55. The van der Waals surface area contributed by atoms with Crippen LogP contribution in [0.15, 0.2) is 0 Å². The molecule has 16 heavy (non-hydrogen) atoms. The zero-order valence-corrected chi connectivity index (χ0v) is 11.4. The Morgan fingerprint density at radius 1 is 1.50 bits per heavy atom. The lowest BCUT2D eigenvalue weighted by Gasteiger charge is -2.31. The smallest absolute Gasteiger partial charge is 0.214 e. The predicted octanol–water partition coefficient (Wildman–Crippen LogP) is 1.30. The average molecular weight is 270 g/mol. The Kier molecular flexibility index (Phi) is 5.50. The summed E-state index contributed by atoms with van der Waals surface area (Å²) in [6.07, 6.45) is 0.537. The number of sulfonamides is 1. The molecular formula is C10H20ClNO3S. The molecule has 0 amide bonds. The second-order valence-electron chi connectivity index (χ2n) is 4.50. The Hall–Kier alpha value is 0.160. The van der Waals surface area contributed by atoms with Gasteiger partial charge in [-0.15, -0.1) is 11.6 Å². The minimum Gasteiger partial charge on any atom is -0.374 e. The number of morpholine rings is 1. The molecule has 0 N–H and O–H groups in total. The van der Waals surface area contributed by atoms with Gasteiger partial charge in [0.25, 0.3) is 0 Å². The SMILES string of the molecule is CC(C)CCS(=O)(=O)N1CCOC(CCl)C1. The third-order valence-corrected chi connectivity index (χ3v) is 4.83. The van der Waals surface area contributed by atoms with Crippen molar-refractivity contribution >= 4 is 21.6 Å². The third-order valence-electron chi connectivity index (χ3n) is 2.62. The van der Waals surface area contributed by atoms with Crippen molar-refractivity contribution in [3.63, 3.8) is 0 Å². The molecule has 1 aliphatic heterocycles. The maximum absolute atomic E-state index is 12.0. The predicted molar refractivity (Wildman–Crippen MR) is 65.3 cm³/mol. The molecule has 6 heteroatoms. The van der Waals surface area contributed by atoms with Gasteiger partial charge in [0.05, 0.1) is 18.5 Å². The van der Waals surface area contributed by atoms with Crippen molar-refractivity contribution in [1.29, 1.82) is 0 Å².